The van der Waals surface area contributed by atoms with Crippen molar-refractivity contribution in [3.05, 3.63) is 53.6 Å². The van der Waals surface area contributed by atoms with Gasteiger partial charge in [-0.25, -0.2) is 18.7 Å². The van der Waals surface area contributed by atoms with Gasteiger partial charge in [0.2, 0.25) is 0 Å². The van der Waals surface area contributed by atoms with Crippen LogP contribution < -0.4 is 20.3 Å². The third-order valence-corrected chi connectivity index (χ3v) is 5.54. The smallest absolute Gasteiger partial charge is 0.315 e. The number of anilines is 1. The average molecular weight is 441 g/mol. The molecule has 1 saturated heterocycles. The molecular formula is C23H29FN6O2. The van der Waals surface area contributed by atoms with Crippen LogP contribution in [0.1, 0.15) is 50.3 Å². The first kappa shape index (κ1) is 21.9. The van der Waals surface area contributed by atoms with E-state index in [4.69, 9.17) is 9.72 Å². The first-order valence-electron chi connectivity index (χ1n) is 11.1. The molecule has 0 aliphatic carbocycles. The van der Waals surface area contributed by atoms with E-state index >= 15 is 0 Å². The van der Waals surface area contributed by atoms with Crippen LogP contribution in [-0.4, -0.2) is 40.3 Å². The van der Waals surface area contributed by atoms with E-state index < -0.39 is 0 Å². The fourth-order valence-electron chi connectivity index (χ4n) is 4.08. The minimum absolute atomic E-state index is 0.0210. The number of ether oxygens (including phenoxy) is 1. The van der Waals surface area contributed by atoms with Crippen molar-refractivity contribution in [1.29, 1.82) is 0 Å². The average Bonchev–Trinajstić information content (AvgIpc) is 3.44. The standard InChI is InChI=1S/C23H29FN6O2/c1-3-12-32-20-8-7-17(24)13-18(20)19-6-5-10-29(19)21-9-11-30-22(28-21)16(15-27-30)14-26-23(31)25-4-2/h7-9,11,13,15,19H,3-6,10,12,14H2,1-2H3,(H2,25,26,31)/t19-/m1/s1. The van der Waals surface area contributed by atoms with Crippen LogP contribution in [-0.2, 0) is 6.54 Å². The maximum atomic E-state index is 14.1. The summed E-state index contributed by atoms with van der Waals surface area (Å²) in [4.78, 5) is 18.8. The molecule has 2 amide bonds. The van der Waals surface area contributed by atoms with Gasteiger partial charge in [-0.15, -0.1) is 0 Å². The number of aromatic nitrogens is 3. The van der Waals surface area contributed by atoms with Crippen LogP contribution in [0.15, 0.2) is 36.7 Å². The number of nitrogens with zero attached hydrogens (tertiary/aromatic N) is 4. The van der Waals surface area contributed by atoms with Crippen molar-refractivity contribution in [2.24, 2.45) is 0 Å². The van der Waals surface area contributed by atoms with Crippen molar-refractivity contribution in [1.82, 2.24) is 25.2 Å². The number of nitrogens with one attached hydrogen (secondary N) is 2. The van der Waals surface area contributed by atoms with E-state index in [0.717, 1.165) is 48.5 Å². The summed E-state index contributed by atoms with van der Waals surface area (Å²) in [5.74, 6) is 1.25. The summed E-state index contributed by atoms with van der Waals surface area (Å²) >= 11 is 0. The molecule has 8 nitrogen and oxygen atoms in total. The molecule has 0 radical (unpaired) electrons. The van der Waals surface area contributed by atoms with Crippen molar-refractivity contribution in [2.45, 2.75) is 45.7 Å². The number of carbonyl (C=O) groups excluding carboxylic acids is 1. The van der Waals surface area contributed by atoms with Crippen LogP contribution in [0, 0.1) is 5.82 Å². The zero-order valence-electron chi connectivity index (χ0n) is 18.5. The first-order chi connectivity index (χ1) is 15.6. The molecule has 1 atom stereocenters. The second-order valence-corrected chi connectivity index (χ2v) is 7.82. The lowest BCUT2D eigenvalue weighted by Crippen LogP contribution is -2.34. The van der Waals surface area contributed by atoms with E-state index in [1.807, 2.05) is 26.1 Å². The van der Waals surface area contributed by atoms with Crippen molar-refractivity contribution < 1.29 is 13.9 Å². The van der Waals surface area contributed by atoms with Crippen LogP contribution in [0.3, 0.4) is 0 Å². The minimum atomic E-state index is -0.270. The zero-order valence-corrected chi connectivity index (χ0v) is 18.5. The van der Waals surface area contributed by atoms with Crippen molar-refractivity contribution in [3.63, 3.8) is 0 Å². The van der Waals surface area contributed by atoms with Gasteiger partial charge >= 0.3 is 6.03 Å². The van der Waals surface area contributed by atoms with E-state index in [-0.39, 0.29) is 17.9 Å². The molecule has 2 N–H and O–H groups in total. The number of hydrogen-bond donors (Lipinski definition) is 2. The predicted molar refractivity (Wildman–Crippen MR) is 120 cm³/mol. The van der Waals surface area contributed by atoms with E-state index in [1.165, 1.54) is 6.07 Å². The quantitative estimate of drug-likeness (QED) is 0.556. The fourth-order valence-corrected chi connectivity index (χ4v) is 4.08. The number of rotatable bonds is 8. The molecule has 0 saturated carbocycles. The molecule has 3 aromatic rings. The number of carbonyl (C=O) groups is 1. The van der Waals surface area contributed by atoms with Crippen LogP contribution in [0.5, 0.6) is 5.75 Å². The molecule has 170 valence electrons. The number of urea groups is 1. The predicted octanol–water partition coefficient (Wildman–Crippen LogP) is 3.82. The second kappa shape index (κ2) is 9.84. The Hall–Kier alpha value is -3.36. The number of hydrogen-bond acceptors (Lipinski definition) is 5. The van der Waals surface area contributed by atoms with Crippen LogP contribution in [0.2, 0.25) is 0 Å². The summed E-state index contributed by atoms with van der Waals surface area (Å²) in [6, 6.07) is 6.41. The SMILES string of the molecule is CCCOc1ccc(F)cc1[C@H]1CCCN1c1ccn2ncc(CNC(=O)NCC)c2n1. The zero-order chi connectivity index (χ0) is 22.5. The third-order valence-electron chi connectivity index (χ3n) is 5.54. The number of benzene rings is 1. The highest BCUT2D eigenvalue weighted by Gasteiger charge is 2.30. The molecule has 32 heavy (non-hydrogen) atoms. The van der Waals surface area contributed by atoms with E-state index in [9.17, 15) is 9.18 Å². The Balaban J connectivity index is 1.62. The molecule has 0 unspecified atom stereocenters. The monoisotopic (exact) mass is 440 g/mol. The Bertz CT molecular complexity index is 1090. The lowest BCUT2D eigenvalue weighted by atomic mass is 10.0. The molecule has 2 aromatic heterocycles. The summed E-state index contributed by atoms with van der Waals surface area (Å²) < 4.78 is 21.7. The first-order valence-corrected chi connectivity index (χ1v) is 11.1. The highest BCUT2D eigenvalue weighted by atomic mass is 19.1. The maximum Gasteiger partial charge on any atom is 0.315 e. The summed E-state index contributed by atoms with van der Waals surface area (Å²) in [7, 11) is 0. The molecule has 4 rings (SSSR count). The van der Waals surface area contributed by atoms with Gasteiger partial charge in [0.15, 0.2) is 5.65 Å². The van der Waals surface area contributed by atoms with Gasteiger partial charge in [0.1, 0.15) is 17.4 Å². The minimum Gasteiger partial charge on any atom is -0.493 e. The van der Waals surface area contributed by atoms with Gasteiger partial charge in [-0.1, -0.05) is 6.92 Å². The summed E-state index contributed by atoms with van der Waals surface area (Å²) in [5.41, 5.74) is 2.36. The number of halogens is 1. The van der Waals surface area contributed by atoms with E-state index in [0.29, 0.717) is 25.3 Å². The van der Waals surface area contributed by atoms with Gasteiger partial charge in [-0.05, 0) is 50.5 Å². The van der Waals surface area contributed by atoms with Gasteiger partial charge in [-0.3, -0.25) is 0 Å². The molecule has 3 heterocycles. The lowest BCUT2D eigenvalue weighted by molar-refractivity contribution is 0.241. The molecule has 1 aliphatic heterocycles. The summed E-state index contributed by atoms with van der Waals surface area (Å²) in [6.07, 6.45) is 6.33. The highest BCUT2D eigenvalue weighted by molar-refractivity contribution is 5.74. The topological polar surface area (TPSA) is 83.8 Å². The summed E-state index contributed by atoms with van der Waals surface area (Å²) in [5, 5.41) is 9.87. The molecule has 1 fully saturated rings. The maximum absolute atomic E-state index is 14.1. The van der Waals surface area contributed by atoms with Gasteiger partial charge in [-0.2, -0.15) is 5.10 Å². The molecule has 9 heteroatoms. The fraction of sp³-hybridized carbons (Fsp3) is 0.435. The Morgan fingerprint density at radius 2 is 2.16 bits per heavy atom. The van der Waals surface area contributed by atoms with E-state index in [1.54, 1.807) is 22.8 Å². The third kappa shape index (κ3) is 4.61. The van der Waals surface area contributed by atoms with Gasteiger partial charge in [0.25, 0.3) is 0 Å². The Labute approximate surface area is 186 Å². The van der Waals surface area contributed by atoms with Crippen molar-refractivity contribution >= 4 is 17.5 Å². The lowest BCUT2D eigenvalue weighted by Gasteiger charge is -2.27. The van der Waals surface area contributed by atoms with Crippen LogP contribution in [0.4, 0.5) is 15.0 Å². The molecule has 0 spiro atoms. The van der Waals surface area contributed by atoms with Crippen molar-refractivity contribution in [3.8, 4) is 5.75 Å². The Kier molecular flexibility index (Phi) is 6.72. The summed E-state index contributed by atoms with van der Waals surface area (Å²) in [6.45, 7) is 6.21. The molecule has 1 aliphatic rings. The second-order valence-electron chi connectivity index (χ2n) is 7.82. The molecular weight excluding hydrogens is 411 g/mol. The van der Waals surface area contributed by atoms with Gasteiger partial charge in [0, 0.05) is 37.0 Å². The largest absolute Gasteiger partial charge is 0.493 e. The van der Waals surface area contributed by atoms with E-state index in [2.05, 4.69) is 20.6 Å². The normalized spacial score (nSPS) is 15.8. The number of fused-ring (bicyclic) bond motifs is 1. The van der Waals surface area contributed by atoms with Gasteiger partial charge < -0.3 is 20.3 Å². The van der Waals surface area contributed by atoms with Crippen LogP contribution in [0.25, 0.3) is 5.65 Å². The Morgan fingerprint density at radius 3 is 2.97 bits per heavy atom. The Morgan fingerprint density at radius 1 is 1.28 bits per heavy atom. The number of amides is 2. The van der Waals surface area contributed by atoms with Gasteiger partial charge in [0.05, 0.1) is 18.8 Å². The molecule has 1 aromatic carbocycles. The highest BCUT2D eigenvalue weighted by Crippen LogP contribution is 2.39. The molecule has 0 bridgehead atoms. The van der Waals surface area contributed by atoms with Crippen molar-refractivity contribution in [2.75, 3.05) is 24.6 Å². The van der Waals surface area contributed by atoms with Crippen LogP contribution >= 0.6 is 0 Å².